The van der Waals surface area contributed by atoms with Crippen LogP contribution in [-0.4, -0.2) is 57.3 Å². The lowest BCUT2D eigenvalue weighted by atomic mass is 10.0. The topological polar surface area (TPSA) is 94.3 Å². The number of rotatable bonds is 5. The molecule has 3 fully saturated rings. The highest BCUT2D eigenvalue weighted by Gasteiger charge is 2.68. The average Bonchev–Trinajstić information content (AvgIpc) is 3.17. The molecule has 9 heteroatoms. The Labute approximate surface area is 162 Å². The predicted octanol–water partition coefficient (Wildman–Crippen LogP) is 2.38. The molecule has 2 aromatic heterocycles. The minimum absolute atomic E-state index is 0.0147. The van der Waals surface area contributed by atoms with Crippen molar-refractivity contribution in [2.45, 2.75) is 50.5 Å². The van der Waals surface area contributed by atoms with Crippen molar-refractivity contribution in [1.82, 2.24) is 19.5 Å². The molecule has 1 saturated heterocycles. The van der Waals surface area contributed by atoms with Crippen molar-refractivity contribution in [3.05, 3.63) is 11.6 Å². The summed E-state index contributed by atoms with van der Waals surface area (Å²) in [5, 5.41) is 13.3. The third kappa shape index (κ3) is 2.73. The number of hydrogen-bond acceptors (Lipinski definition) is 7. The highest BCUT2D eigenvalue weighted by atomic mass is 35.5. The van der Waals surface area contributed by atoms with Gasteiger partial charge in [0.1, 0.15) is 0 Å². The van der Waals surface area contributed by atoms with Crippen molar-refractivity contribution in [1.29, 1.82) is 0 Å². The zero-order valence-corrected chi connectivity index (χ0v) is 16.0. The van der Waals surface area contributed by atoms with E-state index in [-0.39, 0.29) is 35.7 Å². The van der Waals surface area contributed by atoms with E-state index in [0.717, 1.165) is 44.4 Å². The van der Waals surface area contributed by atoms with E-state index in [0.29, 0.717) is 17.3 Å². The molecule has 3 aliphatic rings. The maximum atomic E-state index is 10.1. The van der Waals surface area contributed by atoms with Crippen LogP contribution in [0.25, 0.3) is 11.2 Å². The first-order chi connectivity index (χ1) is 13.2. The highest BCUT2D eigenvalue weighted by molar-refractivity contribution is 6.28. The molecular weight excluding hydrogens is 370 g/mol. The van der Waals surface area contributed by atoms with Crippen LogP contribution in [0.1, 0.15) is 38.1 Å². The Bertz CT molecular complexity index is 855. The average molecular weight is 394 g/mol. The van der Waals surface area contributed by atoms with Crippen LogP contribution >= 0.6 is 11.6 Å². The number of aliphatic hydroxyl groups excluding tert-OH is 1. The third-order valence-corrected chi connectivity index (χ3v) is 6.65. The Morgan fingerprint density at radius 3 is 3.07 bits per heavy atom. The Hall–Kier alpha value is -1.48. The second-order valence-electron chi connectivity index (χ2n) is 7.84. The summed E-state index contributed by atoms with van der Waals surface area (Å²) in [6, 6.07) is 0.173. The van der Waals surface area contributed by atoms with Crippen molar-refractivity contribution in [3.8, 4) is 0 Å². The fourth-order valence-corrected chi connectivity index (χ4v) is 5.11. The van der Waals surface area contributed by atoms with Gasteiger partial charge < -0.3 is 24.5 Å². The normalized spacial score (nSPS) is 35.4. The molecule has 0 bridgehead atoms. The third-order valence-electron chi connectivity index (χ3n) is 6.48. The van der Waals surface area contributed by atoms with Gasteiger partial charge in [0.05, 0.1) is 19.0 Å². The summed E-state index contributed by atoms with van der Waals surface area (Å²) in [4.78, 5) is 13.1. The van der Waals surface area contributed by atoms with Gasteiger partial charge in [0.15, 0.2) is 23.3 Å². The molecule has 2 aromatic rings. The highest BCUT2D eigenvalue weighted by Crippen LogP contribution is 2.68. The summed E-state index contributed by atoms with van der Waals surface area (Å²) in [5.74, 6) is 0.967. The first kappa shape index (κ1) is 17.6. The van der Waals surface area contributed by atoms with Gasteiger partial charge in [-0.3, -0.25) is 0 Å². The van der Waals surface area contributed by atoms with Crippen molar-refractivity contribution in [2.75, 3.05) is 25.6 Å². The number of imidazole rings is 1. The lowest BCUT2D eigenvalue weighted by Crippen LogP contribution is -2.33. The van der Waals surface area contributed by atoms with Crippen LogP contribution in [0, 0.1) is 11.3 Å². The summed E-state index contributed by atoms with van der Waals surface area (Å²) >= 11 is 6.11. The second-order valence-corrected chi connectivity index (χ2v) is 8.18. The second kappa shape index (κ2) is 6.55. The molecule has 2 saturated carbocycles. The number of nitrogens with one attached hydrogen (secondary N) is 1. The van der Waals surface area contributed by atoms with E-state index in [1.165, 1.54) is 0 Å². The van der Waals surface area contributed by atoms with Crippen molar-refractivity contribution in [2.24, 2.45) is 11.3 Å². The van der Waals surface area contributed by atoms with Gasteiger partial charge in [0.2, 0.25) is 5.28 Å². The van der Waals surface area contributed by atoms with Crippen LogP contribution in [0.3, 0.4) is 0 Å². The molecule has 146 valence electrons. The monoisotopic (exact) mass is 393 g/mol. The fraction of sp³-hybridized carbons (Fsp3) is 0.722. The zero-order chi connectivity index (χ0) is 18.6. The quantitative estimate of drug-likeness (QED) is 0.753. The van der Waals surface area contributed by atoms with Crippen molar-refractivity contribution in [3.63, 3.8) is 0 Å². The van der Waals surface area contributed by atoms with E-state index in [1.54, 1.807) is 13.4 Å². The van der Waals surface area contributed by atoms with Gasteiger partial charge in [-0.15, -0.1) is 0 Å². The molecule has 0 radical (unpaired) electrons. The summed E-state index contributed by atoms with van der Waals surface area (Å²) in [5.41, 5.74) is 1.25. The molecule has 1 unspecified atom stereocenters. The minimum Gasteiger partial charge on any atom is -0.396 e. The number of halogens is 1. The van der Waals surface area contributed by atoms with E-state index in [2.05, 4.69) is 24.8 Å². The van der Waals surface area contributed by atoms with Gasteiger partial charge in [-0.05, 0) is 49.6 Å². The molecule has 2 N–H and O–H groups in total. The van der Waals surface area contributed by atoms with Gasteiger partial charge in [-0.25, -0.2) is 4.98 Å². The number of aromatic nitrogens is 4. The van der Waals surface area contributed by atoms with E-state index >= 15 is 0 Å². The van der Waals surface area contributed by atoms with Crippen LogP contribution in [0.5, 0.6) is 0 Å². The smallest absolute Gasteiger partial charge is 0.226 e. The molecule has 27 heavy (non-hydrogen) atoms. The van der Waals surface area contributed by atoms with Crippen LogP contribution in [-0.2, 0) is 9.47 Å². The lowest BCUT2D eigenvalue weighted by molar-refractivity contribution is -0.202. The Kier molecular flexibility index (Phi) is 4.27. The summed E-state index contributed by atoms with van der Waals surface area (Å²) in [7, 11) is 1.79. The zero-order valence-electron chi connectivity index (χ0n) is 15.3. The first-order valence-electron chi connectivity index (χ1n) is 9.62. The Balaban J connectivity index is 1.45. The molecule has 1 aliphatic heterocycles. The van der Waals surface area contributed by atoms with Crippen LogP contribution in [0.15, 0.2) is 6.33 Å². The van der Waals surface area contributed by atoms with Crippen LogP contribution in [0.2, 0.25) is 5.28 Å². The van der Waals surface area contributed by atoms with Gasteiger partial charge in [0, 0.05) is 25.1 Å². The van der Waals surface area contributed by atoms with E-state index in [1.807, 2.05) is 0 Å². The standard InChI is InChI=1S/C18H24ClN5O3/c1-20-15-14-16(23-17(19)22-15)24(9-21-14)11-6-12(18(8-25)7-10(11)18)27-13-4-2-3-5-26-13/h9-13,25H,2-8H2,1H3,(H,20,22,23)/t10-,11+,12+,13?,18+/m1/s1. The van der Waals surface area contributed by atoms with Gasteiger partial charge in [-0.2, -0.15) is 9.97 Å². The van der Waals surface area contributed by atoms with Crippen molar-refractivity contribution < 1.29 is 14.6 Å². The molecule has 3 heterocycles. The maximum Gasteiger partial charge on any atom is 0.226 e. The molecular formula is C18H24ClN5O3. The number of hydrogen-bond donors (Lipinski definition) is 2. The fourth-order valence-electron chi connectivity index (χ4n) is 4.95. The molecule has 8 nitrogen and oxygen atoms in total. The number of aliphatic hydroxyl groups is 1. The molecule has 2 aliphatic carbocycles. The Morgan fingerprint density at radius 1 is 1.44 bits per heavy atom. The predicted molar refractivity (Wildman–Crippen MR) is 99.6 cm³/mol. The number of anilines is 1. The Morgan fingerprint density at radius 2 is 2.33 bits per heavy atom. The van der Waals surface area contributed by atoms with Gasteiger partial charge >= 0.3 is 0 Å². The molecule has 5 rings (SSSR count). The SMILES string of the molecule is CNc1nc(Cl)nc2c1ncn2[C@H]1C[C@H](OC2CCCCO2)[C@]2(CO)C[C@H]12. The van der Waals surface area contributed by atoms with Crippen LogP contribution in [0.4, 0.5) is 5.82 Å². The maximum absolute atomic E-state index is 10.1. The number of nitrogens with zero attached hydrogens (tertiary/aromatic N) is 4. The largest absolute Gasteiger partial charge is 0.396 e. The minimum atomic E-state index is -0.176. The lowest BCUT2D eigenvalue weighted by Gasteiger charge is -2.30. The van der Waals surface area contributed by atoms with Gasteiger partial charge in [-0.1, -0.05) is 0 Å². The molecule has 5 atom stereocenters. The van der Waals surface area contributed by atoms with E-state index in [9.17, 15) is 5.11 Å². The van der Waals surface area contributed by atoms with E-state index < -0.39 is 0 Å². The van der Waals surface area contributed by atoms with Crippen molar-refractivity contribution >= 4 is 28.6 Å². The molecule has 0 amide bonds. The first-order valence-corrected chi connectivity index (χ1v) is 10.00. The van der Waals surface area contributed by atoms with E-state index in [4.69, 9.17) is 21.1 Å². The number of ether oxygens (including phenoxy) is 2. The summed E-state index contributed by atoms with van der Waals surface area (Å²) in [6.45, 7) is 0.889. The molecule has 0 aromatic carbocycles. The summed E-state index contributed by atoms with van der Waals surface area (Å²) in [6.07, 6.45) is 6.55. The van der Waals surface area contributed by atoms with Gasteiger partial charge in [0.25, 0.3) is 0 Å². The van der Waals surface area contributed by atoms with Crippen LogP contribution < -0.4 is 5.32 Å². The molecule has 0 spiro atoms. The number of fused-ring (bicyclic) bond motifs is 2. The summed E-state index contributed by atoms with van der Waals surface area (Å²) < 4.78 is 14.2.